The van der Waals surface area contributed by atoms with E-state index in [2.05, 4.69) is 67.1 Å². The summed E-state index contributed by atoms with van der Waals surface area (Å²) in [5.41, 5.74) is 4.24. The number of rotatable bonds is 8. The predicted molar refractivity (Wildman–Crippen MR) is 164 cm³/mol. The second-order valence-electron chi connectivity index (χ2n) is 10.5. The highest BCUT2D eigenvalue weighted by atomic mass is 79.9. The van der Waals surface area contributed by atoms with E-state index >= 15 is 0 Å². The van der Waals surface area contributed by atoms with Crippen LogP contribution < -0.4 is 10.9 Å². The monoisotopic (exact) mass is 588 g/mol. The van der Waals surface area contributed by atoms with Crippen molar-refractivity contribution in [3.05, 3.63) is 98.5 Å². The Kier molecular flexibility index (Phi) is 8.90. The second kappa shape index (κ2) is 12.2. The molecular weight excluding hydrogens is 552 g/mol. The highest BCUT2D eigenvalue weighted by Gasteiger charge is 2.28. The molecule has 0 aliphatic carbocycles. The summed E-state index contributed by atoms with van der Waals surface area (Å²) >= 11 is 3.49. The van der Waals surface area contributed by atoms with Gasteiger partial charge in [-0.3, -0.25) is 9.36 Å². The average molecular weight is 590 g/mol. The summed E-state index contributed by atoms with van der Waals surface area (Å²) in [4.78, 5) is 34.5. The van der Waals surface area contributed by atoms with Gasteiger partial charge in [-0.15, -0.1) is 0 Å². The van der Waals surface area contributed by atoms with E-state index in [0.717, 1.165) is 27.7 Å². The minimum absolute atomic E-state index is 0.158. The maximum absolute atomic E-state index is 14.0. The molecule has 1 aromatic heterocycles. The van der Waals surface area contributed by atoms with Crippen molar-refractivity contribution in [3.8, 4) is 5.69 Å². The van der Waals surface area contributed by atoms with Crippen molar-refractivity contribution in [1.82, 2.24) is 14.5 Å². The van der Waals surface area contributed by atoms with Gasteiger partial charge >= 0.3 is 6.03 Å². The summed E-state index contributed by atoms with van der Waals surface area (Å²) in [5.74, 6) is 1.02. The van der Waals surface area contributed by atoms with Crippen molar-refractivity contribution in [2.75, 3.05) is 11.9 Å². The molecule has 2 amide bonds. The number of nitrogens with zero attached hydrogens (tertiary/aromatic N) is 3. The zero-order valence-corrected chi connectivity index (χ0v) is 25.1. The van der Waals surface area contributed by atoms with Crippen molar-refractivity contribution in [2.24, 2.45) is 0 Å². The first-order chi connectivity index (χ1) is 18.6. The summed E-state index contributed by atoms with van der Waals surface area (Å²) in [6, 6.07) is 20.5. The number of benzene rings is 3. The fourth-order valence-corrected chi connectivity index (χ4v) is 5.26. The van der Waals surface area contributed by atoms with Crippen molar-refractivity contribution in [1.29, 1.82) is 0 Å². The maximum atomic E-state index is 14.0. The van der Waals surface area contributed by atoms with Crippen LogP contribution >= 0.6 is 15.9 Å². The van der Waals surface area contributed by atoms with E-state index in [0.29, 0.717) is 29.0 Å². The van der Waals surface area contributed by atoms with Crippen LogP contribution in [0.3, 0.4) is 0 Å². The van der Waals surface area contributed by atoms with Crippen LogP contribution in [0.5, 0.6) is 0 Å². The van der Waals surface area contributed by atoms with Gasteiger partial charge in [0.15, 0.2) is 0 Å². The zero-order chi connectivity index (χ0) is 28.3. The van der Waals surface area contributed by atoms with Crippen molar-refractivity contribution in [2.45, 2.75) is 65.8 Å². The van der Waals surface area contributed by atoms with Gasteiger partial charge in [0.25, 0.3) is 5.56 Å². The quantitative estimate of drug-likeness (QED) is 0.224. The van der Waals surface area contributed by atoms with Gasteiger partial charge in [0, 0.05) is 16.7 Å². The molecule has 6 nitrogen and oxygen atoms in total. The van der Waals surface area contributed by atoms with Crippen LogP contribution in [-0.2, 0) is 0 Å². The van der Waals surface area contributed by atoms with Gasteiger partial charge in [-0.2, -0.15) is 0 Å². The van der Waals surface area contributed by atoms with Crippen LogP contribution in [0.15, 0.2) is 76.0 Å². The zero-order valence-electron chi connectivity index (χ0n) is 23.5. The second-order valence-corrected chi connectivity index (χ2v) is 11.4. The lowest BCUT2D eigenvalue weighted by Crippen LogP contribution is -2.40. The standard InChI is InChI=1S/C32H37BrN4O2/c1-7-19-36(32(39)35-29-25(20(2)3)12-10-13-26(29)21(4)5)22(6)30-34-28-14-9-8-11-27(28)31(38)37(30)24-17-15-23(33)16-18-24/h8-18,20-22H,7,19H2,1-6H3,(H,35,39). The number of carbonyl (C=O) groups is 1. The van der Waals surface area contributed by atoms with E-state index in [-0.39, 0.29) is 23.4 Å². The van der Waals surface area contributed by atoms with Crippen molar-refractivity contribution < 1.29 is 4.79 Å². The Morgan fingerprint density at radius 3 is 2.13 bits per heavy atom. The Bertz CT molecular complexity index is 1500. The van der Waals surface area contributed by atoms with Gasteiger partial charge in [-0.25, -0.2) is 9.78 Å². The number of halogens is 1. The number of para-hydroxylation sites is 2. The van der Waals surface area contributed by atoms with Crippen LogP contribution in [0.2, 0.25) is 0 Å². The average Bonchev–Trinajstić information content (AvgIpc) is 2.91. The van der Waals surface area contributed by atoms with E-state index in [1.165, 1.54) is 0 Å². The Hall–Kier alpha value is -3.45. The van der Waals surface area contributed by atoms with Gasteiger partial charge in [-0.1, -0.05) is 80.9 Å². The third kappa shape index (κ3) is 5.93. The van der Waals surface area contributed by atoms with Gasteiger partial charge < -0.3 is 10.2 Å². The molecule has 0 aliphatic rings. The van der Waals surface area contributed by atoms with Crippen LogP contribution in [0.4, 0.5) is 10.5 Å². The lowest BCUT2D eigenvalue weighted by Gasteiger charge is -2.31. The topological polar surface area (TPSA) is 67.2 Å². The molecular formula is C32H37BrN4O2. The van der Waals surface area contributed by atoms with E-state index < -0.39 is 6.04 Å². The predicted octanol–water partition coefficient (Wildman–Crippen LogP) is 8.40. The molecule has 204 valence electrons. The summed E-state index contributed by atoms with van der Waals surface area (Å²) in [6.45, 7) is 13.0. The SMILES string of the molecule is CCCN(C(=O)Nc1c(C(C)C)cccc1C(C)C)C(C)c1nc2ccccc2c(=O)n1-c1ccc(Br)cc1. The van der Waals surface area contributed by atoms with E-state index in [9.17, 15) is 9.59 Å². The van der Waals surface area contributed by atoms with E-state index in [1.807, 2.05) is 56.3 Å². The fraction of sp³-hybridized carbons (Fsp3) is 0.344. The molecule has 1 N–H and O–H groups in total. The first kappa shape index (κ1) is 28.6. The molecule has 7 heteroatoms. The molecule has 0 saturated heterocycles. The summed E-state index contributed by atoms with van der Waals surface area (Å²) in [7, 11) is 0. The molecule has 0 fully saturated rings. The maximum Gasteiger partial charge on any atom is 0.322 e. The lowest BCUT2D eigenvalue weighted by atomic mass is 9.92. The molecule has 1 unspecified atom stereocenters. The smallest absolute Gasteiger partial charge is 0.315 e. The molecule has 0 radical (unpaired) electrons. The van der Waals surface area contributed by atoms with Crippen LogP contribution in [-0.4, -0.2) is 27.0 Å². The van der Waals surface area contributed by atoms with Crippen molar-refractivity contribution >= 4 is 38.6 Å². The minimum atomic E-state index is -0.473. The number of fused-ring (bicyclic) bond motifs is 1. The molecule has 1 atom stereocenters. The van der Waals surface area contributed by atoms with Gasteiger partial charge in [0.2, 0.25) is 0 Å². The van der Waals surface area contributed by atoms with Crippen molar-refractivity contribution in [3.63, 3.8) is 0 Å². The highest BCUT2D eigenvalue weighted by Crippen LogP contribution is 2.33. The third-order valence-corrected chi connectivity index (χ3v) is 7.59. The lowest BCUT2D eigenvalue weighted by molar-refractivity contribution is 0.189. The van der Waals surface area contributed by atoms with Crippen LogP contribution in [0.1, 0.15) is 82.8 Å². The molecule has 0 aliphatic heterocycles. The summed E-state index contributed by atoms with van der Waals surface area (Å²) in [5, 5.41) is 3.80. The van der Waals surface area contributed by atoms with Gasteiger partial charge in [0.1, 0.15) is 5.82 Å². The summed E-state index contributed by atoms with van der Waals surface area (Å²) in [6.07, 6.45) is 0.761. The number of nitrogens with one attached hydrogen (secondary N) is 1. The number of carbonyl (C=O) groups excluding carboxylic acids is 1. The van der Waals surface area contributed by atoms with E-state index in [4.69, 9.17) is 4.98 Å². The third-order valence-electron chi connectivity index (χ3n) is 7.06. The molecule has 3 aromatic carbocycles. The van der Waals surface area contributed by atoms with Crippen LogP contribution in [0.25, 0.3) is 16.6 Å². The van der Waals surface area contributed by atoms with Gasteiger partial charge in [-0.05, 0) is 72.7 Å². The minimum Gasteiger partial charge on any atom is -0.315 e. The molecule has 1 heterocycles. The molecule has 4 rings (SSSR count). The normalized spacial score (nSPS) is 12.2. The molecule has 0 saturated carbocycles. The Morgan fingerprint density at radius 1 is 0.923 bits per heavy atom. The van der Waals surface area contributed by atoms with Crippen LogP contribution in [0, 0.1) is 0 Å². The Morgan fingerprint density at radius 2 is 1.54 bits per heavy atom. The van der Waals surface area contributed by atoms with Gasteiger partial charge in [0.05, 0.1) is 22.6 Å². The molecule has 0 bridgehead atoms. The number of anilines is 1. The number of amides is 2. The fourth-order valence-electron chi connectivity index (χ4n) is 5.00. The summed E-state index contributed by atoms with van der Waals surface area (Å²) < 4.78 is 2.55. The molecule has 0 spiro atoms. The molecule has 39 heavy (non-hydrogen) atoms. The Balaban J connectivity index is 1.84. The number of urea groups is 1. The number of aromatic nitrogens is 2. The van der Waals surface area contributed by atoms with E-state index in [1.54, 1.807) is 15.5 Å². The molecule has 4 aromatic rings. The Labute approximate surface area is 239 Å². The largest absolute Gasteiger partial charge is 0.322 e. The number of hydrogen-bond donors (Lipinski definition) is 1. The highest BCUT2D eigenvalue weighted by molar-refractivity contribution is 9.10. The number of hydrogen-bond acceptors (Lipinski definition) is 3. The first-order valence-corrected chi connectivity index (χ1v) is 14.4. The first-order valence-electron chi connectivity index (χ1n) is 13.6.